The highest BCUT2D eigenvalue weighted by molar-refractivity contribution is 6.30. The van der Waals surface area contributed by atoms with Crippen LogP contribution in [-0.4, -0.2) is 78.0 Å². The van der Waals surface area contributed by atoms with Crippen molar-refractivity contribution in [2.75, 3.05) is 32.0 Å². The summed E-state index contributed by atoms with van der Waals surface area (Å²) in [6.45, 7) is 8.88. The third kappa shape index (κ3) is 5.80. The first-order valence-electron chi connectivity index (χ1n) is 15.4. The fraction of sp³-hybridized carbons (Fsp3) is 0.656. The summed E-state index contributed by atoms with van der Waals surface area (Å²) in [6.07, 6.45) is 9.36. The Kier molecular flexibility index (Phi) is 9.12. The largest absolute Gasteiger partial charge is 0.359 e. The number of carbonyl (C=O) groups is 3. The molecule has 0 unspecified atom stereocenters. The number of nitrogens with zero attached hydrogens (tertiary/aromatic N) is 2. The predicted molar refractivity (Wildman–Crippen MR) is 160 cm³/mol. The van der Waals surface area contributed by atoms with E-state index in [1.54, 1.807) is 29.2 Å². The second kappa shape index (κ2) is 12.4. The molecule has 224 valence electrons. The molecule has 9 heteroatoms. The molecule has 1 spiro atoms. The number of carbonyl (C=O) groups excluding carboxylic acids is 3. The highest BCUT2D eigenvalue weighted by atomic mass is 35.5. The van der Waals surface area contributed by atoms with Gasteiger partial charge in [-0.15, -0.1) is 0 Å². The molecule has 4 aliphatic rings. The molecule has 3 fully saturated rings. The lowest BCUT2D eigenvalue weighted by Crippen LogP contribution is -2.58. The maximum atomic E-state index is 14.2. The van der Waals surface area contributed by atoms with Crippen molar-refractivity contribution in [1.29, 1.82) is 0 Å². The molecule has 3 amide bonds. The lowest BCUT2D eigenvalue weighted by molar-refractivity contribution is -0.141. The van der Waals surface area contributed by atoms with Gasteiger partial charge >= 0.3 is 0 Å². The average Bonchev–Trinajstić information content (AvgIpc) is 3.59. The van der Waals surface area contributed by atoms with E-state index in [4.69, 9.17) is 16.3 Å². The molecular weight excluding hydrogens is 540 g/mol. The van der Waals surface area contributed by atoms with Crippen LogP contribution in [-0.2, 0) is 19.1 Å². The van der Waals surface area contributed by atoms with Crippen molar-refractivity contribution < 1.29 is 19.1 Å². The number of hydrogen-bond acceptors (Lipinski definition) is 5. The Bertz CT molecular complexity index is 1160. The topological polar surface area (TPSA) is 91.0 Å². The van der Waals surface area contributed by atoms with Gasteiger partial charge in [0.1, 0.15) is 11.6 Å². The molecule has 8 nitrogen and oxygen atoms in total. The molecular formula is C32H45ClN4O4. The first-order chi connectivity index (χ1) is 19.7. The van der Waals surface area contributed by atoms with Gasteiger partial charge in [-0.25, -0.2) is 0 Å². The summed E-state index contributed by atoms with van der Waals surface area (Å²) in [5.41, 5.74) is -0.543. The quantitative estimate of drug-likeness (QED) is 0.374. The Morgan fingerprint density at radius 2 is 1.85 bits per heavy atom. The molecule has 2 N–H and O–H groups in total. The minimum absolute atomic E-state index is 0.0606. The summed E-state index contributed by atoms with van der Waals surface area (Å²) in [5.74, 6) is -1.21. The summed E-state index contributed by atoms with van der Waals surface area (Å²) in [5, 5.41) is 6.85. The second-order valence-corrected chi connectivity index (χ2v) is 13.1. The van der Waals surface area contributed by atoms with Crippen LogP contribution < -0.4 is 10.6 Å². The number of likely N-dealkylation sites (tertiary alicyclic amines) is 1. The van der Waals surface area contributed by atoms with Crippen molar-refractivity contribution in [1.82, 2.24) is 15.1 Å². The van der Waals surface area contributed by atoms with Crippen molar-refractivity contribution in [2.24, 2.45) is 23.7 Å². The molecule has 1 saturated carbocycles. The van der Waals surface area contributed by atoms with E-state index >= 15 is 0 Å². The first-order valence-corrected chi connectivity index (χ1v) is 15.8. The molecule has 2 bridgehead atoms. The van der Waals surface area contributed by atoms with Crippen LogP contribution in [0.25, 0.3) is 0 Å². The van der Waals surface area contributed by atoms with E-state index in [-0.39, 0.29) is 23.8 Å². The van der Waals surface area contributed by atoms with Gasteiger partial charge in [0, 0.05) is 23.3 Å². The van der Waals surface area contributed by atoms with Crippen molar-refractivity contribution in [2.45, 2.75) is 83.1 Å². The normalized spacial score (nSPS) is 33.9. The van der Waals surface area contributed by atoms with E-state index in [9.17, 15) is 14.4 Å². The minimum atomic E-state index is -1.15. The third-order valence-electron chi connectivity index (χ3n) is 9.90. The smallest absolute Gasteiger partial charge is 0.246 e. The molecule has 5 rings (SSSR count). The first kappa shape index (κ1) is 30.1. The van der Waals surface area contributed by atoms with Gasteiger partial charge in [0.05, 0.1) is 17.9 Å². The van der Waals surface area contributed by atoms with Gasteiger partial charge in [-0.2, -0.15) is 0 Å². The fourth-order valence-corrected chi connectivity index (χ4v) is 7.49. The number of anilines is 1. The van der Waals surface area contributed by atoms with Gasteiger partial charge in [-0.05, 0) is 75.5 Å². The van der Waals surface area contributed by atoms with Gasteiger partial charge < -0.3 is 25.2 Å². The number of hydrogen-bond donors (Lipinski definition) is 2. The standard InChI is InChI=1S/C32H45ClN4O4/c1-5-6-17-36(4)18-8-19-37-28(30(39)35-24-10-7-9-20(2)21(24)3)32-16-15-25(41-32)26(27(32)31(37)40)29(38)34-23-13-11-22(33)12-14-23/h11-16,20-21,24-28H,5-10,17-19H2,1-4H3,(H,34,38)(H,35,39)/t20-,21-,24+,25+,26+,27+,28-,32-/m0/s1. The molecule has 3 aliphatic heterocycles. The van der Waals surface area contributed by atoms with Crippen molar-refractivity contribution in [3.8, 4) is 0 Å². The number of benzene rings is 1. The lowest BCUT2D eigenvalue weighted by Gasteiger charge is -2.38. The van der Waals surface area contributed by atoms with E-state index in [1.165, 1.54) is 0 Å². The van der Waals surface area contributed by atoms with Crippen molar-refractivity contribution in [3.05, 3.63) is 41.4 Å². The maximum absolute atomic E-state index is 14.2. The molecule has 1 aromatic carbocycles. The molecule has 8 atom stereocenters. The molecule has 2 saturated heterocycles. The predicted octanol–water partition coefficient (Wildman–Crippen LogP) is 4.49. The van der Waals surface area contributed by atoms with Crippen LogP contribution in [0.3, 0.4) is 0 Å². The van der Waals surface area contributed by atoms with Crippen LogP contribution in [0.2, 0.25) is 5.02 Å². The number of halogens is 1. The number of rotatable bonds is 11. The summed E-state index contributed by atoms with van der Waals surface area (Å²) < 4.78 is 6.50. The minimum Gasteiger partial charge on any atom is -0.359 e. The van der Waals surface area contributed by atoms with Crippen LogP contribution in [0.1, 0.15) is 59.3 Å². The van der Waals surface area contributed by atoms with E-state index in [0.717, 1.165) is 51.6 Å². The summed E-state index contributed by atoms with van der Waals surface area (Å²) in [4.78, 5) is 45.9. The Hall–Kier alpha value is -2.42. The van der Waals surface area contributed by atoms with Crippen molar-refractivity contribution in [3.63, 3.8) is 0 Å². The monoisotopic (exact) mass is 584 g/mol. The summed E-state index contributed by atoms with van der Waals surface area (Å²) in [6, 6.07) is 6.15. The van der Waals surface area contributed by atoms with E-state index < -0.39 is 29.6 Å². The van der Waals surface area contributed by atoms with Crippen LogP contribution in [0.15, 0.2) is 36.4 Å². The zero-order chi connectivity index (χ0) is 29.3. The highest BCUT2D eigenvalue weighted by Crippen LogP contribution is 2.55. The van der Waals surface area contributed by atoms with Crippen LogP contribution >= 0.6 is 11.6 Å². The van der Waals surface area contributed by atoms with E-state index in [1.807, 2.05) is 12.2 Å². The fourth-order valence-electron chi connectivity index (χ4n) is 7.36. The Labute approximate surface area is 249 Å². The molecule has 1 aliphatic carbocycles. The zero-order valence-corrected chi connectivity index (χ0v) is 25.5. The maximum Gasteiger partial charge on any atom is 0.246 e. The number of amides is 3. The van der Waals surface area contributed by atoms with Crippen LogP contribution in [0, 0.1) is 23.7 Å². The lowest BCUT2D eigenvalue weighted by atomic mass is 9.73. The second-order valence-electron chi connectivity index (χ2n) is 12.6. The van der Waals surface area contributed by atoms with Crippen LogP contribution in [0.5, 0.6) is 0 Å². The Morgan fingerprint density at radius 3 is 2.59 bits per heavy atom. The van der Waals surface area contributed by atoms with Gasteiger partial charge in [-0.3, -0.25) is 14.4 Å². The van der Waals surface area contributed by atoms with E-state index in [0.29, 0.717) is 29.1 Å². The molecule has 0 aromatic heterocycles. The van der Waals surface area contributed by atoms with Gasteiger partial charge in [0.15, 0.2) is 0 Å². The number of fused-ring (bicyclic) bond motifs is 1. The van der Waals surface area contributed by atoms with Gasteiger partial charge in [-0.1, -0.05) is 63.8 Å². The Balaban J connectivity index is 1.38. The Morgan fingerprint density at radius 1 is 1.12 bits per heavy atom. The van der Waals surface area contributed by atoms with Crippen molar-refractivity contribution >= 4 is 35.0 Å². The number of unbranched alkanes of at least 4 members (excludes halogenated alkanes) is 1. The molecule has 1 aromatic rings. The zero-order valence-electron chi connectivity index (χ0n) is 24.8. The SMILES string of the molecule is CCCCN(C)CCCN1C(=O)[C@H]2[C@H](C(=O)Nc3ccc(Cl)cc3)[C@H]3C=C[C@@]2(O3)[C@@H]1C(=O)N[C@@H]1CCC[C@H](C)[C@@H]1C. The highest BCUT2D eigenvalue weighted by Gasteiger charge is 2.72. The number of ether oxygens (including phenoxy) is 1. The number of nitrogens with one attached hydrogen (secondary N) is 2. The summed E-state index contributed by atoms with van der Waals surface area (Å²) in [7, 11) is 2.09. The van der Waals surface area contributed by atoms with Gasteiger partial charge in [0.2, 0.25) is 17.7 Å². The van der Waals surface area contributed by atoms with Gasteiger partial charge in [0.25, 0.3) is 0 Å². The third-order valence-corrected chi connectivity index (χ3v) is 10.2. The molecule has 41 heavy (non-hydrogen) atoms. The van der Waals surface area contributed by atoms with E-state index in [2.05, 4.69) is 43.4 Å². The summed E-state index contributed by atoms with van der Waals surface area (Å²) >= 11 is 6.02. The molecule has 0 radical (unpaired) electrons. The van der Waals surface area contributed by atoms with Crippen LogP contribution in [0.4, 0.5) is 5.69 Å². The average molecular weight is 585 g/mol. The molecule has 3 heterocycles.